The van der Waals surface area contributed by atoms with Crippen molar-refractivity contribution in [2.24, 2.45) is 0 Å². The normalized spacial score (nSPS) is 26.7. The minimum Gasteiger partial charge on any atom is -0.463 e. The molecule has 0 unspecified atom stereocenters. The third-order valence-corrected chi connectivity index (χ3v) is 3.15. The number of esters is 2. The van der Waals surface area contributed by atoms with Gasteiger partial charge in [-0.25, -0.2) is 0 Å². The second kappa shape index (κ2) is 6.71. The molecule has 1 aliphatic heterocycles. The van der Waals surface area contributed by atoms with Crippen LogP contribution in [0, 0.1) is 10.1 Å². The number of hydrogen-bond acceptors (Lipinski definition) is 9. The molecule has 11 nitrogen and oxygen atoms in total. The van der Waals surface area contributed by atoms with Crippen molar-refractivity contribution in [3.05, 3.63) is 22.5 Å². The molecule has 0 radical (unpaired) electrons. The lowest BCUT2D eigenvalue weighted by Crippen LogP contribution is -2.38. The van der Waals surface area contributed by atoms with Crippen molar-refractivity contribution >= 4 is 17.9 Å². The third kappa shape index (κ3) is 3.63. The van der Waals surface area contributed by atoms with Gasteiger partial charge in [0.05, 0.1) is 0 Å². The SMILES string of the molecule is CC(=O)OC[C@H]1O[C@@H](n2ccnc2[N+](=O)[O-])[C@H](O)[C@@H]1OC(C)=O. The van der Waals surface area contributed by atoms with Gasteiger partial charge in [0.25, 0.3) is 0 Å². The van der Waals surface area contributed by atoms with Gasteiger partial charge in [-0.3, -0.25) is 9.59 Å². The smallest absolute Gasteiger partial charge is 0.436 e. The fraction of sp³-hybridized carbons (Fsp3) is 0.583. The number of carbonyl (C=O) groups is 2. The molecule has 126 valence electrons. The van der Waals surface area contributed by atoms with E-state index in [4.69, 9.17) is 14.2 Å². The first kappa shape index (κ1) is 16.8. The van der Waals surface area contributed by atoms with E-state index >= 15 is 0 Å². The molecule has 1 saturated heterocycles. The average molecular weight is 329 g/mol. The maximum absolute atomic E-state index is 11.2. The lowest BCUT2D eigenvalue weighted by atomic mass is 10.1. The maximum atomic E-state index is 11.2. The zero-order valence-electron chi connectivity index (χ0n) is 12.3. The topological polar surface area (TPSA) is 143 Å². The minimum absolute atomic E-state index is 0.274. The Morgan fingerprint density at radius 2 is 2.17 bits per heavy atom. The monoisotopic (exact) mass is 329 g/mol. The summed E-state index contributed by atoms with van der Waals surface area (Å²) in [5, 5.41) is 21.2. The number of carbonyl (C=O) groups excluding carboxylic acids is 2. The van der Waals surface area contributed by atoms with E-state index in [2.05, 4.69) is 4.98 Å². The molecule has 0 aliphatic carbocycles. The van der Waals surface area contributed by atoms with E-state index in [-0.39, 0.29) is 6.61 Å². The standard InChI is InChI=1S/C12H15N3O8/c1-6(16)21-5-8-10(22-7(2)17)9(18)11(23-8)14-4-3-13-12(14)15(19)20/h3-4,8-11,18H,5H2,1-2H3/t8-,9-,10-,11-/m1/s1. The summed E-state index contributed by atoms with van der Waals surface area (Å²) in [7, 11) is 0. The van der Waals surface area contributed by atoms with Crippen LogP contribution in [0.4, 0.5) is 5.95 Å². The van der Waals surface area contributed by atoms with Gasteiger partial charge < -0.3 is 29.4 Å². The third-order valence-electron chi connectivity index (χ3n) is 3.15. The van der Waals surface area contributed by atoms with Gasteiger partial charge in [-0.05, 0) is 4.92 Å². The number of rotatable bonds is 5. The predicted molar refractivity (Wildman–Crippen MR) is 71.0 cm³/mol. The molecule has 1 N–H and O–H groups in total. The molecule has 1 aromatic heterocycles. The summed E-state index contributed by atoms with van der Waals surface area (Å²) < 4.78 is 16.3. The number of nitrogens with zero attached hydrogens (tertiary/aromatic N) is 3. The summed E-state index contributed by atoms with van der Waals surface area (Å²) in [6, 6.07) is 0. The van der Waals surface area contributed by atoms with Crippen LogP contribution >= 0.6 is 0 Å². The number of aliphatic hydroxyl groups excluding tert-OH is 1. The van der Waals surface area contributed by atoms with Crippen LogP contribution in [0.5, 0.6) is 0 Å². The molecule has 2 heterocycles. The Morgan fingerprint density at radius 1 is 1.48 bits per heavy atom. The van der Waals surface area contributed by atoms with E-state index in [0.29, 0.717) is 0 Å². The number of imidazole rings is 1. The largest absolute Gasteiger partial charge is 0.463 e. The van der Waals surface area contributed by atoms with Crippen LogP contribution in [0.2, 0.25) is 0 Å². The fourth-order valence-corrected chi connectivity index (χ4v) is 2.27. The molecule has 1 aromatic rings. The zero-order chi connectivity index (χ0) is 17.1. The van der Waals surface area contributed by atoms with E-state index in [9.17, 15) is 24.8 Å². The average Bonchev–Trinajstić information content (AvgIpc) is 3.03. The van der Waals surface area contributed by atoms with E-state index in [0.717, 1.165) is 11.5 Å². The molecule has 11 heteroatoms. The summed E-state index contributed by atoms with van der Waals surface area (Å²) >= 11 is 0. The summed E-state index contributed by atoms with van der Waals surface area (Å²) in [5.41, 5.74) is 0. The lowest BCUT2D eigenvalue weighted by Gasteiger charge is -2.19. The van der Waals surface area contributed by atoms with Gasteiger partial charge in [-0.1, -0.05) is 4.98 Å². The molecule has 23 heavy (non-hydrogen) atoms. The van der Waals surface area contributed by atoms with E-state index in [1.54, 1.807) is 0 Å². The number of ether oxygens (including phenoxy) is 3. The summed E-state index contributed by atoms with van der Waals surface area (Å²) in [6.07, 6.45) is -2.28. The Labute approximate surface area is 129 Å². The van der Waals surface area contributed by atoms with E-state index < -0.39 is 47.4 Å². The van der Waals surface area contributed by atoms with Gasteiger partial charge in [0.1, 0.15) is 25.1 Å². The van der Waals surface area contributed by atoms with Gasteiger partial charge in [-0.2, -0.15) is 4.57 Å². The van der Waals surface area contributed by atoms with Crippen molar-refractivity contribution in [2.75, 3.05) is 6.61 Å². The lowest BCUT2D eigenvalue weighted by molar-refractivity contribution is -0.398. The van der Waals surface area contributed by atoms with Crippen molar-refractivity contribution in [3.8, 4) is 0 Å². The van der Waals surface area contributed by atoms with Gasteiger partial charge in [0.2, 0.25) is 6.23 Å². The van der Waals surface area contributed by atoms with E-state index in [1.807, 2.05) is 0 Å². The highest BCUT2D eigenvalue weighted by molar-refractivity contribution is 5.66. The van der Waals surface area contributed by atoms with Gasteiger partial charge in [-0.15, -0.1) is 0 Å². The molecule has 0 spiro atoms. The van der Waals surface area contributed by atoms with Crippen molar-refractivity contribution in [3.63, 3.8) is 0 Å². The Hall–Kier alpha value is -2.53. The number of aromatic nitrogens is 2. The van der Waals surface area contributed by atoms with Crippen molar-refractivity contribution < 1.29 is 33.8 Å². The van der Waals surface area contributed by atoms with Crippen LogP contribution in [0.3, 0.4) is 0 Å². The van der Waals surface area contributed by atoms with Crippen LogP contribution in [0.1, 0.15) is 20.1 Å². The highest BCUT2D eigenvalue weighted by Gasteiger charge is 2.50. The Morgan fingerprint density at radius 3 is 2.74 bits per heavy atom. The first-order valence-corrected chi connectivity index (χ1v) is 6.62. The minimum atomic E-state index is -1.40. The molecule has 4 atom stereocenters. The van der Waals surface area contributed by atoms with Crippen molar-refractivity contribution in [1.29, 1.82) is 0 Å². The Balaban J connectivity index is 2.24. The molecule has 0 aromatic carbocycles. The van der Waals surface area contributed by atoms with Crippen LogP contribution < -0.4 is 0 Å². The highest BCUT2D eigenvalue weighted by Crippen LogP contribution is 2.33. The first-order chi connectivity index (χ1) is 10.8. The number of aliphatic hydroxyl groups is 1. The predicted octanol–water partition coefficient (Wildman–Crippen LogP) is -0.456. The van der Waals surface area contributed by atoms with Gasteiger partial charge in [0, 0.05) is 13.8 Å². The molecule has 2 rings (SSSR count). The molecule has 1 aliphatic rings. The number of nitro groups is 1. The van der Waals surface area contributed by atoms with Crippen molar-refractivity contribution in [2.45, 2.75) is 38.4 Å². The van der Waals surface area contributed by atoms with Crippen molar-refractivity contribution in [1.82, 2.24) is 9.55 Å². The van der Waals surface area contributed by atoms with Gasteiger partial charge >= 0.3 is 17.9 Å². The fourth-order valence-electron chi connectivity index (χ4n) is 2.27. The molecular weight excluding hydrogens is 314 g/mol. The molecule has 0 saturated carbocycles. The van der Waals surface area contributed by atoms with Crippen LogP contribution in [0.25, 0.3) is 0 Å². The number of hydrogen-bond donors (Lipinski definition) is 1. The summed E-state index contributed by atoms with van der Waals surface area (Å²) in [5.74, 6) is -1.79. The van der Waals surface area contributed by atoms with Crippen LogP contribution in [-0.2, 0) is 23.8 Å². The van der Waals surface area contributed by atoms with Crippen LogP contribution in [0.15, 0.2) is 12.4 Å². The van der Waals surface area contributed by atoms with Crippen LogP contribution in [-0.4, -0.2) is 56.4 Å². The Bertz CT molecular complexity index is 615. The maximum Gasteiger partial charge on any atom is 0.436 e. The second-order valence-electron chi connectivity index (χ2n) is 4.82. The van der Waals surface area contributed by atoms with Gasteiger partial charge in [0.15, 0.2) is 12.2 Å². The Kier molecular flexibility index (Phi) is 4.91. The molecule has 1 fully saturated rings. The molecule has 0 bridgehead atoms. The second-order valence-corrected chi connectivity index (χ2v) is 4.82. The molecular formula is C12H15N3O8. The summed E-state index contributed by atoms with van der Waals surface area (Å²) in [6.45, 7) is 2.05. The molecule has 0 amide bonds. The quantitative estimate of drug-likeness (QED) is 0.431. The van der Waals surface area contributed by atoms with E-state index in [1.165, 1.54) is 19.3 Å². The zero-order valence-corrected chi connectivity index (χ0v) is 12.3. The highest BCUT2D eigenvalue weighted by atomic mass is 16.6. The summed E-state index contributed by atoms with van der Waals surface area (Å²) in [4.78, 5) is 35.8. The first-order valence-electron chi connectivity index (χ1n) is 6.62.